The van der Waals surface area contributed by atoms with Crippen LogP contribution in [0.15, 0.2) is 60.2 Å². The molecule has 0 aliphatic rings. The molecule has 2 N–H and O–H groups in total. The molecule has 0 atom stereocenters. The van der Waals surface area contributed by atoms with Gasteiger partial charge in [0.15, 0.2) is 10.8 Å². The first-order valence-corrected chi connectivity index (χ1v) is 9.48. The van der Waals surface area contributed by atoms with Gasteiger partial charge in [0.05, 0.1) is 12.1 Å². The van der Waals surface area contributed by atoms with Crippen molar-refractivity contribution in [2.45, 2.75) is 13.3 Å². The van der Waals surface area contributed by atoms with E-state index in [0.29, 0.717) is 28.0 Å². The molecular weight excluding hydrogens is 374 g/mol. The Hall–Kier alpha value is -3.52. The summed E-state index contributed by atoms with van der Waals surface area (Å²) in [5, 5.41) is 12.0. The zero-order chi connectivity index (χ0) is 19.3. The number of rotatable bonds is 6. The van der Waals surface area contributed by atoms with Gasteiger partial charge in [0, 0.05) is 11.1 Å². The summed E-state index contributed by atoms with van der Waals surface area (Å²) in [6.45, 7) is 2.02. The first-order chi connectivity index (χ1) is 13.7. The molecule has 1 amide bonds. The molecule has 0 fully saturated rings. The number of carbonyl (C=O) groups excluding carboxylic acids is 1. The normalized spacial score (nSPS) is 10.6. The molecule has 0 unspecified atom stereocenters. The fourth-order valence-corrected chi connectivity index (χ4v) is 3.36. The van der Waals surface area contributed by atoms with Crippen molar-refractivity contribution < 1.29 is 9.53 Å². The summed E-state index contributed by atoms with van der Waals surface area (Å²) < 4.78 is 5.82. The van der Waals surface area contributed by atoms with Crippen molar-refractivity contribution in [2.24, 2.45) is 0 Å². The smallest absolute Gasteiger partial charge is 0.230 e. The molecule has 0 spiro atoms. The molecule has 28 heavy (non-hydrogen) atoms. The van der Waals surface area contributed by atoms with Gasteiger partial charge in [-0.1, -0.05) is 12.1 Å². The number of H-pyrrole nitrogens is 1. The Kier molecular flexibility index (Phi) is 5.11. The van der Waals surface area contributed by atoms with Crippen molar-refractivity contribution in [3.63, 3.8) is 0 Å². The Balaban J connectivity index is 1.34. The Labute approximate surface area is 165 Å². The highest BCUT2D eigenvalue weighted by atomic mass is 32.1. The monoisotopic (exact) mass is 391 g/mol. The van der Waals surface area contributed by atoms with E-state index in [1.54, 1.807) is 0 Å². The van der Waals surface area contributed by atoms with Crippen LogP contribution in [0.25, 0.3) is 10.8 Å². The van der Waals surface area contributed by atoms with Crippen molar-refractivity contribution >= 4 is 22.9 Å². The quantitative estimate of drug-likeness (QED) is 0.514. The molecule has 4 rings (SSSR count). The van der Waals surface area contributed by atoms with Crippen molar-refractivity contribution in [1.82, 2.24) is 20.2 Å². The Morgan fingerprint density at radius 3 is 2.79 bits per heavy atom. The van der Waals surface area contributed by atoms with Gasteiger partial charge in [0.25, 0.3) is 0 Å². The van der Waals surface area contributed by atoms with E-state index in [2.05, 4.69) is 25.5 Å². The Morgan fingerprint density at radius 1 is 1.18 bits per heavy atom. The van der Waals surface area contributed by atoms with E-state index in [0.717, 1.165) is 11.3 Å². The Bertz CT molecular complexity index is 1070. The maximum Gasteiger partial charge on any atom is 0.230 e. The van der Waals surface area contributed by atoms with E-state index in [9.17, 15) is 4.79 Å². The molecule has 2 aromatic carbocycles. The van der Waals surface area contributed by atoms with Crippen LogP contribution in [0.1, 0.15) is 11.3 Å². The first-order valence-electron chi connectivity index (χ1n) is 8.60. The van der Waals surface area contributed by atoms with Crippen LogP contribution in [0.5, 0.6) is 11.5 Å². The predicted molar refractivity (Wildman–Crippen MR) is 108 cm³/mol. The molecule has 0 aliphatic heterocycles. The summed E-state index contributed by atoms with van der Waals surface area (Å²) in [4.78, 5) is 20.7. The van der Waals surface area contributed by atoms with E-state index in [1.807, 2.05) is 60.8 Å². The van der Waals surface area contributed by atoms with Gasteiger partial charge in [-0.25, -0.2) is 9.97 Å². The van der Waals surface area contributed by atoms with Gasteiger partial charge in [-0.05, 0) is 48.9 Å². The summed E-state index contributed by atoms with van der Waals surface area (Å²) in [5.74, 6) is 1.95. The van der Waals surface area contributed by atoms with Gasteiger partial charge < -0.3 is 10.1 Å². The van der Waals surface area contributed by atoms with Crippen molar-refractivity contribution in [3.05, 3.63) is 71.5 Å². The highest BCUT2D eigenvalue weighted by Crippen LogP contribution is 2.24. The number of nitrogens with zero attached hydrogens (tertiary/aromatic N) is 3. The Morgan fingerprint density at radius 2 is 2.04 bits per heavy atom. The molecule has 7 nitrogen and oxygen atoms in total. The maximum atomic E-state index is 12.3. The third-order valence-corrected chi connectivity index (χ3v) is 4.77. The van der Waals surface area contributed by atoms with Crippen LogP contribution >= 0.6 is 11.3 Å². The largest absolute Gasteiger partial charge is 0.457 e. The fourth-order valence-electron chi connectivity index (χ4n) is 2.60. The molecule has 0 bridgehead atoms. The minimum Gasteiger partial charge on any atom is -0.457 e. The molecule has 0 saturated carbocycles. The average Bonchev–Trinajstić information content (AvgIpc) is 3.35. The van der Waals surface area contributed by atoms with Crippen LogP contribution < -0.4 is 10.1 Å². The number of amides is 1. The number of hydrogen-bond acceptors (Lipinski definition) is 6. The summed E-state index contributed by atoms with van der Waals surface area (Å²) in [7, 11) is 0. The number of thiazole rings is 1. The third kappa shape index (κ3) is 4.41. The van der Waals surface area contributed by atoms with Gasteiger partial charge in [0.1, 0.15) is 17.8 Å². The van der Waals surface area contributed by atoms with Gasteiger partial charge in [-0.15, -0.1) is 11.3 Å². The second-order valence-electron chi connectivity index (χ2n) is 6.15. The maximum absolute atomic E-state index is 12.3. The van der Waals surface area contributed by atoms with E-state index < -0.39 is 0 Å². The molecular formula is C20H17N5O2S. The van der Waals surface area contributed by atoms with E-state index in [-0.39, 0.29) is 12.3 Å². The number of aryl methyl sites for hydroxylation is 1. The minimum absolute atomic E-state index is 0.137. The van der Waals surface area contributed by atoms with Crippen LogP contribution in [0.4, 0.5) is 5.69 Å². The van der Waals surface area contributed by atoms with Crippen LogP contribution in [-0.4, -0.2) is 26.1 Å². The second kappa shape index (κ2) is 8.01. The summed E-state index contributed by atoms with van der Waals surface area (Å²) >= 11 is 1.42. The van der Waals surface area contributed by atoms with Crippen molar-refractivity contribution in [3.8, 4) is 22.3 Å². The lowest BCUT2D eigenvalue weighted by atomic mass is 10.2. The molecule has 0 aliphatic carbocycles. The average molecular weight is 391 g/mol. The molecule has 0 saturated heterocycles. The van der Waals surface area contributed by atoms with Crippen LogP contribution in [0, 0.1) is 6.92 Å². The zero-order valence-electron chi connectivity index (χ0n) is 15.0. The number of aromatic nitrogens is 4. The third-order valence-electron chi connectivity index (χ3n) is 3.87. The number of ether oxygens (including phenoxy) is 1. The van der Waals surface area contributed by atoms with Crippen molar-refractivity contribution in [1.29, 1.82) is 0 Å². The zero-order valence-corrected chi connectivity index (χ0v) is 15.9. The molecule has 0 radical (unpaired) electrons. The number of hydrogen-bond donors (Lipinski definition) is 2. The lowest BCUT2D eigenvalue weighted by molar-refractivity contribution is -0.115. The standard InChI is InChI=1S/C20H17N5O2S/c1-13-3-2-4-17(9-13)27-16-7-5-14(6-8-16)23-18(26)10-15-11-28-20(24-15)19-21-12-22-25-19/h2-9,11-12H,10H2,1H3,(H,23,26)(H,21,22,25). The number of aromatic amines is 1. The van der Waals surface area contributed by atoms with Gasteiger partial charge in [0.2, 0.25) is 5.91 Å². The van der Waals surface area contributed by atoms with Crippen LogP contribution in [0.2, 0.25) is 0 Å². The van der Waals surface area contributed by atoms with E-state index in [4.69, 9.17) is 4.74 Å². The summed E-state index contributed by atoms with van der Waals surface area (Å²) in [6, 6.07) is 15.1. The van der Waals surface area contributed by atoms with E-state index >= 15 is 0 Å². The molecule has 2 heterocycles. The van der Waals surface area contributed by atoms with Gasteiger partial charge in [-0.3, -0.25) is 9.89 Å². The predicted octanol–water partition coefficient (Wildman–Crippen LogP) is 4.21. The lowest BCUT2D eigenvalue weighted by Crippen LogP contribution is -2.14. The van der Waals surface area contributed by atoms with Crippen molar-refractivity contribution in [2.75, 3.05) is 5.32 Å². The van der Waals surface area contributed by atoms with Crippen LogP contribution in [-0.2, 0) is 11.2 Å². The number of carbonyl (C=O) groups is 1. The topological polar surface area (TPSA) is 92.8 Å². The van der Waals surface area contributed by atoms with E-state index in [1.165, 1.54) is 17.7 Å². The van der Waals surface area contributed by atoms with Gasteiger partial charge >= 0.3 is 0 Å². The molecule has 4 aromatic rings. The number of nitrogens with one attached hydrogen (secondary N) is 2. The number of anilines is 1. The van der Waals surface area contributed by atoms with Crippen LogP contribution in [0.3, 0.4) is 0 Å². The fraction of sp³-hybridized carbons (Fsp3) is 0.100. The SMILES string of the molecule is Cc1cccc(Oc2ccc(NC(=O)Cc3csc(-c4ncn[nH]4)n3)cc2)c1. The molecule has 8 heteroatoms. The lowest BCUT2D eigenvalue weighted by Gasteiger charge is -2.08. The summed E-state index contributed by atoms with van der Waals surface area (Å²) in [6.07, 6.45) is 1.61. The first kappa shape index (κ1) is 17.9. The highest BCUT2D eigenvalue weighted by molar-refractivity contribution is 7.13. The highest BCUT2D eigenvalue weighted by Gasteiger charge is 2.11. The second-order valence-corrected chi connectivity index (χ2v) is 7.00. The molecule has 140 valence electrons. The van der Waals surface area contributed by atoms with Gasteiger partial charge in [-0.2, -0.15) is 5.10 Å². The number of benzene rings is 2. The molecule has 2 aromatic heterocycles. The summed E-state index contributed by atoms with van der Waals surface area (Å²) in [5.41, 5.74) is 2.52. The minimum atomic E-state index is -0.137.